The summed E-state index contributed by atoms with van der Waals surface area (Å²) in [6.07, 6.45) is 2.16. The molecule has 0 aliphatic heterocycles. The summed E-state index contributed by atoms with van der Waals surface area (Å²) in [5, 5.41) is 19.0. The lowest BCUT2D eigenvalue weighted by molar-refractivity contribution is 0.129. The number of nitrogens with zero attached hydrogens (tertiary/aromatic N) is 1. The SMILES string of the molecule is CCCC[C@H](C#N)[C@@H](O)c1ccccc1. The molecule has 2 nitrogen and oxygen atoms in total. The first-order valence-corrected chi connectivity index (χ1v) is 5.42. The summed E-state index contributed by atoms with van der Waals surface area (Å²) in [6, 6.07) is 11.6. The molecule has 0 radical (unpaired) electrons. The van der Waals surface area contributed by atoms with Gasteiger partial charge in [-0.15, -0.1) is 0 Å². The first-order chi connectivity index (χ1) is 7.29. The fourth-order valence-electron chi connectivity index (χ4n) is 1.60. The topological polar surface area (TPSA) is 44.0 Å². The van der Waals surface area contributed by atoms with Crippen LogP contribution in [0.5, 0.6) is 0 Å². The highest BCUT2D eigenvalue weighted by Crippen LogP contribution is 2.25. The second kappa shape index (κ2) is 6.21. The molecule has 1 rings (SSSR count). The Bertz CT molecular complexity index is 315. The second-order valence-corrected chi connectivity index (χ2v) is 3.73. The van der Waals surface area contributed by atoms with Crippen LogP contribution in [0, 0.1) is 17.2 Å². The standard InChI is InChI=1S/C13H17NO/c1-2-3-7-12(10-14)13(15)11-8-5-4-6-9-11/h4-6,8-9,12-13,15H,2-3,7H2,1H3/t12-,13+/m1/s1. The van der Waals surface area contributed by atoms with Gasteiger partial charge in [0.1, 0.15) is 0 Å². The Morgan fingerprint density at radius 3 is 2.53 bits per heavy atom. The number of hydrogen-bond donors (Lipinski definition) is 1. The van der Waals surface area contributed by atoms with Gasteiger partial charge in [-0.25, -0.2) is 0 Å². The van der Waals surface area contributed by atoms with E-state index in [4.69, 9.17) is 5.26 Å². The van der Waals surface area contributed by atoms with Crippen molar-refractivity contribution in [1.82, 2.24) is 0 Å². The fourth-order valence-corrected chi connectivity index (χ4v) is 1.60. The minimum atomic E-state index is -0.650. The Balaban J connectivity index is 2.66. The van der Waals surface area contributed by atoms with E-state index in [1.54, 1.807) is 0 Å². The lowest BCUT2D eigenvalue weighted by atomic mass is 9.92. The molecule has 0 spiro atoms. The number of aliphatic hydroxyl groups is 1. The number of nitriles is 1. The molecule has 0 bridgehead atoms. The number of benzene rings is 1. The van der Waals surface area contributed by atoms with Crippen molar-refractivity contribution in [2.45, 2.75) is 32.3 Å². The number of aliphatic hydroxyl groups excluding tert-OH is 1. The third kappa shape index (κ3) is 3.38. The van der Waals surface area contributed by atoms with E-state index in [-0.39, 0.29) is 5.92 Å². The predicted molar refractivity (Wildman–Crippen MR) is 60.0 cm³/mol. The quantitative estimate of drug-likeness (QED) is 0.799. The van der Waals surface area contributed by atoms with Crippen LogP contribution >= 0.6 is 0 Å². The Morgan fingerprint density at radius 2 is 2.00 bits per heavy atom. The van der Waals surface area contributed by atoms with Gasteiger partial charge in [-0.05, 0) is 12.0 Å². The van der Waals surface area contributed by atoms with E-state index in [1.807, 2.05) is 30.3 Å². The summed E-state index contributed by atoms with van der Waals surface area (Å²) in [5.74, 6) is -0.285. The molecule has 0 aliphatic rings. The van der Waals surface area contributed by atoms with Gasteiger partial charge in [-0.2, -0.15) is 5.26 Å². The molecule has 1 aromatic rings. The maximum absolute atomic E-state index is 9.98. The molecule has 2 heteroatoms. The molecule has 0 aliphatic carbocycles. The van der Waals surface area contributed by atoms with E-state index < -0.39 is 6.10 Å². The van der Waals surface area contributed by atoms with Crippen LogP contribution in [0.4, 0.5) is 0 Å². The normalized spacial score (nSPS) is 14.2. The van der Waals surface area contributed by atoms with Crippen molar-refractivity contribution in [2.24, 2.45) is 5.92 Å². The van der Waals surface area contributed by atoms with Crippen molar-refractivity contribution in [1.29, 1.82) is 5.26 Å². The highest BCUT2D eigenvalue weighted by molar-refractivity contribution is 5.19. The summed E-state index contributed by atoms with van der Waals surface area (Å²) < 4.78 is 0. The first kappa shape index (κ1) is 11.7. The van der Waals surface area contributed by atoms with Crippen LogP contribution in [0.25, 0.3) is 0 Å². The van der Waals surface area contributed by atoms with Crippen LogP contribution < -0.4 is 0 Å². The summed E-state index contributed by atoms with van der Waals surface area (Å²) in [4.78, 5) is 0. The predicted octanol–water partition coefficient (Wildman–Crippen LogP) is 3.05. The van der Waals surface area contributed by atoms with Crippen LogP contribution in [-0.4, -0.2) is 5.11 Å². The van der Waals surface area contributed by atoms with E-state index in [0.29, 0.717) is 0 Å². The molecule has 0 aromatic heterocycles. The van der Waals surface area contributed by atoms with E-state index in [2.05, 4.69) is 13.0 Å². The van der Waals surface area contributed by atoms with Gasteiger partial charge in [0, 0.05) is 0 Å². The van der Waals surface area contributed by atoms with Crippen LogP contribution in [0.2, 0.25) is 0 Å². The zero-order valence-corrected chi connectivity index (χ0v) is 9.06. The molecule has 0 amide bonds. The van der Waals surface area contributed by atoms with E-state index in [9.17, 15) is 5.11 Å². The van der Waals surface area contributed by atoms with Gasteiger partial charge in [-0.1, -0.05) is 50.1 Å². The minimum Gasteiger partial charge on any atom is -0.387 e. The average molecular weight is 203 g/mol. The highest BCUT2D eigenvalue weighted by Gasteiger charge is 2.19. The molecule has 15 heavy (non-hydrogen) atoms. The van der Waals surface area contributed by atoms with Gasteiger partial charge in [0.15, 0.2) is 0 Å². The molecule has 0 saturated heterocycles. The largest absolute Gasteiger partial charge is 0.387 e. The van der Waals surface area contributed by atoms with Crippen molar-refractivity contribution in [3.63, 3.8) is 0 Å². The Kier molecular flexibility index (Phi) is 4.86. The lowest BCUT2D eigenvalue weighted by Gasteiger charge is -2.16. The maximum Gasteiger partial charge on any atom is 0.0948 e. The second-order valence-electron chi connectivity index (χ2n) is 3.73. The molecular formula is C13H17NO. The maximum atomic E-state index is 9.98. The molecule has 0 heterocycles. The van der Waals surface area contributed by atoms with Gasteiger partial charge >= 0.3 is 0 Å². The molecule has 80 valence electrons. The van der Waals surface area contributed by atoms with Crippen LogP contribution in [0.1, 0.15) is 37.9 Å². The first-order valence-electron chi connectivity index (χ1n) is 5.42. The molecule has 0 saturated carbocycles. The highest BCUT2D eigenvalue weighted by atomic mass is 16.3. The molecule has 0 unspecified atom stereocenters. The zero-order chi connectivity index (χ0) is 11.1. The fraction of sp³-hybridized carbons (Fsp3) is 0.462. The van der Waals surface area contributed by atoms with Gasteiger partial charge < -0.3 is 5.11 Å². The molecule has 1 aromatic carbocycles. The molecular weight excluding hydrogens is 186 g/mol. The number of rotatable bonds is 5. The molecule has 1 N–H and O–H groups in total. The van der Waals surface area contributed by atoms with Gasteiger partial charge in [0.05, 0.1) is 18.1 Å². The van der Waals surface area contributed by atoms with Crippen molar-refractivity contribution in [2.75, 3.05) is 0 Å². The van der Waals surface area contributed by atoms with Crippen LogP contribution in [0.3, 0.4) is 0 Å². The van der Waals surface area contributed by atoms with Crippen molar-refractivity contribution in [3.8, 4) is 6.07 Å². The Morgan fingerprint density at radius 1 is 1.33 bits per heavy atom. The minimum absolute atomic E-state index is 0.285. The van der Waals surface area contributed by atoms with Crippen molar-refractivity contribution in [3.05, 3.63) is 35.9 Å². The number of unbranched alkanes of at least 4 members (excludes halogenated alkanes) is 1. The van der Waals surface area contributed by atoms with Crippen molar-refractivity contribution >= 4 is 0 Å². The Hall–Kier alpha value is -1.33. The summed E-state index contributed by atoms with van der Waals surface area (Å²) >= 11 is 0. The van der Waals surface area contributed by atoms with Gasteiger partial charge in [-0.3, -0.25) is 0 Å². The smallest absolute Gasteiger partial charge is 0.0948 e. The zero-order valence-electron chi connectivity index (χ0n) is 9.06. The van der Waals surface area contributed by atoms with E-state index >= 15 is 0 Å². The lowest BCUT2D eigenvalue weighted by Crippen LogP contribution is -2.10. The van der Waals surface area contributed by atoms with Crippen molar-refractivity contribution < 1.29 is 5.11 Å². The monoisotopic (exact) mass is 203 g/mol. The summed E-state index contributed by atoms with van der Waals surface area (Å²) in [7, 11) is 0. The van der Waals surface area contributed by atoms with Crippen LogP contribution in [-0.2, 0) is 0 Å². The average Bonchev–Trinajstić information content (AvgIpc) is 2.31. The van der Waals surface area contributed by atoms with Crippen LogP contribution in [0.15, 0.2) is 30.3 Å². The van der Waals surface area contributed by atoms with Gasteiger partial charge in [0.25, 0.3) is 0 Å². The Labute approximate surface area is 91.2 Å². The van der Waals surface area contributed by atoms with E-state index in [1.165, 1.54) is 0 Å². The molecule has 2 atom stereocenters. The summed E-state index contributed by atoms with van der Waals surface area (Å²) in [5.41, 5.74) is 0.833. The number of hydrogen-bond acceptors (Lipinski definition) is 2. The third-order valence-electron chi connectivity index (χ3n) is 2.56. The molecule has 0 fully saturated rings. The van der Waals surface area contributed by atoms with E-state index in [0.717, 1.165) is 24.8 Å². The summed E-state index contributed by atoms with van der Waals surface area (Å²) in [6.45, 7) is 2.09. The third-order valence-corrected chi connectivity index (χ3v) is 2.56. The van der Waals surface area contributed by atoms with Gasteiger partial charge in [0.2, 0.25) is 0 Å².